The average Bonchev–Trinajstić information content (AvgIpc) is 3.09. The number of hydrogen-bond acceptors (Lipinski definition) is 3. The molecule has 0 aliphatic heterocycles. The number of rotatable bonds is 5. The molecule has 132 valence electrons. The number of benzene rings is 1. The summed E-state index contributed by atoms with van der Waals surface area (Å²) in [5.41, 5.74) is 2.65. The summed E-state index contributed by atoms with van der Waals surface area (Å²) < 4.78 is 25.5. The Bertz CT molecular complexity index is 745. The third-order valence-corrected chi connectivity index (χ3v) is 6.69. The molecule has 2 aliphatic carbocycles. The van der Waals surface area contributed by atoms with Crippen molar-refractivity contribution in [3.8, 4) is 0 Å². The Morgan fingerprint density at radius 3 is 2.50 bits per heavy atom. The van der Waals surface area contributed by atoms with Gasteiger partial charge in [-0.1, -0.05) is 12.5 Å². The Labute approximate surface area is 144 Å². The first-order chi connectivity index (χ1) is 11.2. The Hall–Kier alpha value is -1.56. The molecule has 5 nitrogen and oxygen atoms in total. The Kier molecular flexibility index (Phi) is 4.60. The number of nitrogens with zero attached hydrogens (tertiary/aromatic N) is 1. The molecule has 0 saturated heterocycles. The summed E-state index contributed by atoms with van der Waals surface area (Å²) in [6, 6.07) is 5.68. The summed E-state index contributed by atoms with van der Waals surface area (Å²) in [7, 11) is -3.51. The monoisotopic (exact) mass is 350 g/mol. The van der Waals surface area contributed by atoms with Gasteiger partial charge in [-0.05, 0) is 68.2 Å². The van der Waals surface area contributed by atoms with Crippen molar-refractivity contribution >= 4 is 21.6 Å². The van der Waals surface area contributed by atoms with Gasteiger partial charge in [0.2, 0.25) is 15.9 Å². The lowest BCUT2D eigenvalue weighted by atomic mass is 9.95. The van der Waals surface area contributed by atoms with Crippen LogP contribution in [0.1, 0.15) is 36.8 Å². The van der Waals surface area contributed by atoms with E-state index in [1.54, 1.807) is 6.07 Å². The van der Waals surface area contributed by atoms with Crippen molar-refractivity contribution in [1.82, 2.24) is 5.32 Å². The van der Waals surface area contributed by atoms with Gasteiger partial charge >= 0.3 is 0 Å². The van der Waals surface area contributed by atoms with Crippen LogP contribution in [-0.2, 0) is 14.8 Å². The molecule has 24 heavy (non-hydrogen) atoms. The van der Waals surface area contributed by atoms with E-state index < -0.39 is 10.0 Å². The lowest BCUT2D eigenvalue weighted by Crippen LogP contribution is -2.45. The molecule has 1 amide bonds. The highest BCUT2D eigenvalue weighted by Crippen LogP contribution is 2.44. The molecule has 3 rings (SSSR count). The zero-order valence-electron chi connectivity index (χ0n) is 14.6. The van der Waals surface area contributed by atoms with E-state index in [1.807, 2.05) is 26.0 Å². The Morgan fingerprint density at radius 1 is 1.21 bits per heavy atom. The lowest BCUT2D eigenvalue weighted by molar-refractivity contribution is -0.120. The Morgan fingerprint density at radius 2 is 1.96 bits per heavy atom. The van der Waals surface area contributed by atoms with Gasteiger partial charge in [-0.2, -0.15) is 0 Å². The maximum Gasteiger partial charge on any atom is 0.241 e. The first-order valence-electron chi connectivity index (χ1n) is 8.58. The molecular weight excluding hydrogens is 324 g/mol. The molecule has 1 N–H and O–H groups in total. The van der Waals surface area contributed by atoms with Crippen LogP contribution in [0.4, 0.5) is 5.69 Å². The normalized spacial score (nSPS) is 25.7. The maximum absolute atomic E-state index is 12.4. The van der Waals surface area contributed by atoms with Crippen LogP contribution in [-0.4, -0.2) is 33.2 Å². The van der Waals surface area contributed by atoms with Gasteiger partial charge in [-0.25, -0.2) is 8.42 Å². The van der Waals surface area contributed by atoms with Crippen molar-refractivity contribution in [2.24, 2.45) is 11.8 Å². The van der Waals surface area contributed by atoms with E-state index in [1.165, 1.54) is 23.6 Å². The van der Waals surface area contributed by atoms with E-state index in [4.69, 9.17) is 0 Å². The van der Waals surface area contributed by atoms with E-state index in [0.29, 0.717) is 11.6 Å². The van der Waals surface area contributed by atoms with Crippen molar-refractivity contribution in [3.05, 3.63) is 29.3 Å². The van der Waals surface area contributed by atoms with Gasteiger partial charge in [0.05, 0.1) is 11.9 Å². The second-order valence-corrected chi connectivity index (χ2v) is 9.29. The fraction of sp³-hybridized carbons (Fsp3) is 0.611. The second-order valence-electron chi connectivity index (χ2n) is 7.39. The van der Waals surface area contributed by atoms with Gasteiger partial charge in [0, 0.05) is 6.04 Å². The molecule has 1 aromatic carbocycles. The number of hydrogen-bond donors (Lipinski definition) is 1. The molecule has 2 saturated carbocycles. The third kappa shape index (κ3) is 3.58. The molecule has 0 aromatic heterocycles. The molecule has 0 unspecified atom stereocenters. The smallest absolute Gasteiger partial charge is 0.241 e. The summed E-state index contributed by atoms with van der Waals surface area (Å²) in [4.78, 5) is 12.4. The summed E-state index contributed by atoms with van der Waals surface area (Å²) in [6.07, 6.45) is 5.85. The molecule has 2 aliphatic rings. The van der Waals surface area contributed by atoms with Crippen LogP contribution < -0.4 is 9.62 Å². The molecule has 2 fully saturated rings. The lowest BCUT2D eigenvalue weighted by Gasteiger charge is -2.26. The molecule has 0 radical (unpaired) electrons. The van der Waals surface area contributed by atoms with Crippen LogP contribution in [0, 0.1) is 25.7 Å². The van der Waals surface area contributed by atoms with E-state index >= 15 is 0 Å². The molecule has 2 bridgehead atoms. The van der Waals surface area contributed by atoms with Crippen molar-refractivity contribution in [2.45, 2.75) is 45.6 Å². The summed E-state index contributed by atoms with van der Waals surface area (Å²) >= 11 is 0. The topological polar surface area (TPSA) is 66.5 Å². The highest BCUT2D eigenvalue weighted by atomic mass is 32.2. The number of fused-ring (bicyclic) bond motifs is 2. The standard InChI is InChI=1S/C18H26N2O3S/c1-12-4-7-16(8-13(12)2)20(24(3,22)23)11-18(21)19-17-10-14-5-6-15(17)9-14/h4,7-8,14-15,17H,5-6,9-11H2,1-3H3,(H,19,21)/t14-,15-,17-/m1/s1. The van der Waals surface area contributed by atoms with Crippen molar-refractivity contribution in [2.75, 3.05) is 17.1 Å². The Balaban J connectivity index is 1.72. The predicted octanol–water partition coefficient (Wildman–Crippen LogP) is 2.37. The second kappa shape index (κ2) is 6.39. The van der Waals surface area contributed by atoms with Crippen LogP contribution in [0.3, 0.4) is 0 Å². The summed E-state index contributed by atoms with van der Waals surface area (Å²) in [5.74, 6) is 1.11. The van der Waals surface area contributed by atoms with E-state index in [9.17, 15) is 13.2 Å². The van der Waals surface area contributed by atoms with Gasteiger partial charge in [0.1, 0.15) is 6.54 Å². The fourth-order valence-electron chi connectivity index (χ4n) is 4.09. The molecule has 1 aromatic rings. The van der Waals surface area contributed by atoms with E-state index in [2.05, 4.69) is 5.32 Å². The molecule has 3 atom stereocenters. The van der Waals surface area contributed by atoms with Crippen LogP contribution in [0.25, 0.3) is 0 Å². The number of anilines is 1. The number of nitrogens with one attached hydrogen (secondary N) is 1. The molecule has 6 heteroatoms. The van der Waals surface area contributed by atoms with Gasteiger partial charge < -0.3 is 5.32 Å². The van der Waals surface area contributed by atoms with Crippen LogP contribution in [0.2, 0.25) is 0 Å². The zero-order valence-corrected chi connectivity index (χ0v) is 15.4. The van der Waals surface area contributed by atoms with Gasteiger partial charge in [-0.3, -0.25) is 9.10 Å². The first kappa shape index (κ1) is 17.3. The van der Waals surface area contributed by atoms with Crippen LogP contribution in [0.15, 0.2) is 18.2 Å². The van der Waals surface area contributed by atoms with Crippen molar-refractivity contribution < 1.29 is 13.2 Å². The summed E-state index contributed by atoms with van der Waals surface area (Å²) in [6.45, 7) is 3.76. The number of aryl methyl sites for hydroxylation is 2. The predicted molar refractivity (Wildman–Crippen MR) is 95.5 cm³/mol. The average molecular weight is 350 g/mol. The fourth-order valence-corrected chi connectivity index (χ4v) is 4.93. The zero-order chi connectivity index (χ0) is 17.5. The van der Waals surface area contributed by atoms with Crippen LogP contribution in [0.5, 0.6) is 0 Å². The van der Waals surface area contributed by atoms with E-state index in [-0.39, 0.29) is 18.5 Å². The van der Waals surface area contributed by atoms with Gasteiger partial charge in [-0.15, -0.1) is 0 Å². The number of carbonyl (C=O) groups excluding carboxylic acids is 1. The third-order valence-electron chi connectivity index (χ3n) is 5.55. The highest BCUT2D eigenvalue weighted by Gasteiger charge is 2.40. The molecule has 0 spiro atoms. The molecular formula is C18H26N2O3S. The van der Waals surface area contributed by atoms with Gasteiger partial charge in [0.15, 0.2) is 0 Å². The van der Waals surface area contributed by atoms with Crippen molar-refractivity contribution in [3.63, 3.8) is 0 Å². The van der Waals surface area contributed by atoms with Gasteiger partial charge in [0.25, 0.3) is 0 Å². The highest BCUT2D eigenvalue weighted by molar-refractivity contribution is 7.92. The number of amides is 1. The SMILES string of the molecule is Cc1ccc(N(CC(=O)N[C@@H]2C[C@@H]3CC[C@@H]2C3)S(C)(=O)=O)cc1C. The largest absolute Gasteiger partial charge is 0.352 e. The maximum atomic E-state index is 12.4. The van der Waals surface area contributed by atoms with Crippen molar-refractivity contribution in [1.29, 1.82) is 0 Å². The quantitative estimate of drug-likeness (QED) is 0.886. The minimum absolute atomic E-state index is 0.158. The van der Waals surface area contributed by atoms with E-state index in [0.717, 1.165) is 29.7 Å². The molecule has 0 heterocycles. The number of carbonyl (C=O) groups is 1. The summed E-state index contributed by atoms with van der Waals surface area (Å²) in [5, 5.41) is 3.06. The van der Waals surface area contributed by atoms with Crippen LogP contribution >= 0.6 is 0 Å². The minimum atomic E-state index is -3.51. The first-order valence-corrected chi connectivity index (χ1v) is 10.4. The minimum Gasteiger partial charge on any atom is -0.352 e. The number of sulfonamides is 1.